The van der Waals surface area contributed by atoms with Crippen molar-refractivity contribution >= 4 is 23.6 Å². The summed E-state index contributed by atoms with van der Waals surface area (Å²) in [6, 6.07) is 0.145. The molecule has 2 heterocycles. The third-order valence-corrected chi connectivity index (χ3v) is 2.83. The summed E-state index contributed by atoms with van der Waals surface area (Å²) in [4.78, 5) is 37.7. The van der Waals surface area contributed by atoms with Crippen molar-refractivity contribution in [3.63, 3.8) is 0 Å². The van der Waals surface area contributed by atoms with Crippen molar-refractivity contribution in [2.45, 2.75) is 18.9 Å². The number of anilines is 1. The number of carbonyl (C=O) groups is 3. The van der Waals surface area contributed by atoms with Gasteiger partial charge in [-0.1, -0.05) is 0 Å². The minimum Gasteiger partial charge on any atom is -0.478 e. The minimum absolute atomic E-state index is 0.0294. The number of pyridine rings is 1. The van der Waals surface area contributed by atoms with E-state index in [9.17, 15) is 14.4 Å². The molecule has 20 heavy (non-hydrogen) atoms. The molecule has 8 heteroatoms. The summed E-state index contributed by atoms with van der Waals surface area (Å²) in [6.45, 7) is 0.614. The Morgan fingerprint density at radius 2 is 2.20 bits per heavy atom. The molecule has 8 nitrogen and oxygen atoms in total. The molecule has 0 radical (unpaired) electrons. The van der Waals surface area contributed by atoms with Crippen molar-refractivity contribution in [2.75, 3.05) is 11.9 Å². The molecular formula is C12H14N4O4. The molecule has 3 amide bonds. The summed E-state index contributed by atoms with van der Waals surface area (Å²) in [6.07, 6.45) is 3.88. The molecule has 106 valence electrons. The molecule has 1 aromatic heterocycles. The van der Waals surface area contributed by atoms with Gasteiger partial charge in [-0.2, -0.15) is 0 Å². The largest absolute Gasteiger partial charge is 0.478 e. The van der Waals surface area contributed by atoms with Crippen LogP contribution in [0.1, 0.15) is 23.2 Å². The summed E-state index contributed by atoms with van der Waals surface area (Å²) >= 11 is 0. The van der Waals surface area contributed by atoms with E-state index in [2.05, 4.69) is 20.9 Å². The van der Waals surface area contributed by atoms with Crippen LogP contribution in [0.4, 0.5) is 10.5 Å². The quantitative estimate of drug-likeness (QED) is 0.628. The number of nitrogens with zero attached hydrogens (tertiary/aromatic N) is 1. The molecule has 0 aromatic carbocycles. The molecule has 1 saturated heterocycles. The third-order valence-electron chi connectivity index (χ3n) is 2.83. The van der Waals surface area contributed by atoms with E-state index in [1.165, 1.54) is 18.5 Å². The molecule has 0 spiro atoms. The normalized spacial score (nSPS) is 18.0. The maximum Gasteiger partial charge on any atom is 0.337 e. The van der Waals surface area contributed by atoms with Crippen LogP contribution in [0.15, 0.2) is 18.5 Å². The van der Waals surface area contributed by atoms with Crippen LogP contribution in [0.25, 0.3) is 0 Å². The number of aromatic nitrogens is 1. The molecule has 0 aliphatic carbocycles. The Balaban J connectivity index is 1.95. The van der Waals surface area contributed by atoms with Gasteiger partial charge in [0.05, 0.1) is 17.4 Å². The predicted molar refractivity (Wildman–Crippen MR) is 69.4 cm³/mol. The number of rotatable bonds is 3. The lowest BCUT2D eigenvalue weighted by atomic mass is 10.1. The first-order chi connectivity index (χ1) is 9.56. The lowest BCUT2D eigenvalue weighted by molar-refractivity contribution is -0.124. The van der Waals surface area contributed by atoms with Gasteiger partial charge >= 0.3 is 12.0 Å². The van der Waals surface area contributed by atoms with Gasteiger partial charge < -0.3 is 21.1 Å². The van der Waals surface area contributed by atoms with Crippen LogP contribution >= 0.6 is 0 Å². The second-order valence-corrected chi connectivity index (χ2v) is 4.35. The first-order valence-electron chi connectivity index (χ1n) is 6.10. The van der Waals surface area contributed by atoms with Gasteiger partial charge in [0.25, 0.3) is 0 Å². The van der Waals surface area contributed by atoms with E-state index >= 15 is 0 Å². The Labute approximate surface area is 114 Å². The summed E-state index contributed by atoms with van der Waals surface area (Å²) < 4.78 is 0. The maximum absolute atomic E-state index is 11.7. The SMILES string of the molecule is O=C(Nc1cncc(C(=O)O)c1)NC1CCCNC1=O. The number of urea groups is 1. The molecule has 0 saturated carbocycles. The van der Waals surface area contributed by atoms with E-state index in [0.29, 0.717) is 13.0 Å². The third kappa shape index (κ3) is 3.44. The fraction of sp³-hybridized carbons (Fsp3) is 0.333. The summed E-state index contributed by atoms with van der Waals surface area (Å²) in [7, 11) is 0. The summed E-state index contributed by atoms with van der Waals surface area (Å²) in [5, 5.41) is 16.4. The smallest absolute Gasteiger partial charge is 0.337 e. The number of aromatic carboxylic acids is 1. The van der Waals surface area contributed by atoms with Gasteiger partial charge in [-0.25, -0.2) is 9.59 Å². The Bertz CT molecular complexity index is 546. The van der Waals surface area contributed by atoms with Crippen LogP contribution in [0.3, 0.4) is 0 Å². The van der Waals surface area contributed by atoms with Crippen molar-refractivity contribution in [3.8, 4) is 0 Å². The molecule has 4 N–H and O–H groups in total. The number of piperidine rings is 1. The number of nitrogens with one attached hydrogen (secondary N) is 3. The second-order valence-electron chi connectivity index (χ2n) is 4.35. The Morgan fingerprint density at radius 3 is 2.90 bits per heavy atom. The van der Waals surface area contributed by atoms with Crippen LogP contribution in [-0.2, 0) is 4.79 Å². The van der Waals surface area contributed by atoms with E-state index < -0.39 is 18.0 Å². The first-order valence-corrected chi connectivity index (χ1v) is 6.10. The highest BCUT2D eigenvalue weighted by atomic mass is 16.4. The standard InChI is InChI=1S/C12H14N4O4/c17-10-9(2-1-3-14-10)16-12(20)15-8-4-7(11(18)19)5-13-6-8/h4-6,9H,1-3H2,(H,14,17)(H,18,19)(H2,15,16,20). The van der Waals surface area contributed by atoms with Crippen molar-refractivity contribution in [1.29, 1.82) is 0 Å². The lowest BCUT2D eigenvalue weighted by Crippen LogP contribution is -2.51. The number of carboxylic acids is 1. The monoisotopic (exact) mass is 278 g/mol. The highest BCUT2D eigenvalue weighted by Crippen LogP contribution is 2.09. The second kappa shape index (κ2) is 6.00. The van der Waals surface area contributed by atoms with Gasteiger partial charge in [0.1, 0.15) is 6.04 Å². The molecule has 2 rings (SSSR count). The molecule has 1 unspecified atom stereocenters. The highest BCUT2D eigenvalue weighted by molar-refractivity contribution is 5.95. The minimum atomic E-state index is -1.13. The van der Waals surface area contributed by atoms with Gasteiger partial charge in [-0.05, 0) is 18.9 Å². The van der Waals surface area contributed by atoms with Crippen LogP contribution in [0, 0.1) is 0 Å². The number of hydrogen-bond acceptors (Lipinski definition) is 4. The Morgan fingerprint density at radius 1 is 1.40 bits per heavy atom. The van der Waals surface area contributed by atoms with Gasteiger partial charge in [0.15, 0.2) is 0 Å². The molecule has 1 fully saturated rings. The number of amides is 3. The zero-order valence-corrected chi connectivity index (χ0v) is 10.5. The zero-order chi connectivity index (χ0) is 14.5. The first kappa shape index (κ1) is 13.8. The maximum atomic E-state index is 11.7. The van der Waals surface area contributed by atoms with Gasteiger partial charge in [-0.15, -0.1) is 0 Å². The topological polar surface area (TPSA) is 120 Å². The molecule has 1 aliphatic rings. The van der Waals surface area contributed by atoms with E-state index in [0.717, 1.165) is 6.42 Å². The number of carbonyl (C=O) groups excluding carboxylic acids is 2. The summed E-state index contributed by atoms with van der Waals surface area (Å²) in [5.41, 5.74) is 0.219. The molecule has 1 atom stereocenters. The average molecular weight is 278 g/mol. The van der Waals surface area contributed by atoms with Gasteiger partial charge in [0, 0.05) is 12.7 Å². The van der Waals surface area contributed by atoms with E-state index in [4.69, 9.17) is 5.11 Å². The van der Waals surface area contributed by atoms with Crippen molar-refractivity contribution in [1.82, 2.24) is 15.6 Å². The molecule has 0 bridgehead atoms. The molecule has 1 aliphatic heterocycles. The van der Waals surface area contributed by atoms with Crippen molar-refractivity contribution in [3.05, 3.63) is 24.0 Å². The van der Waals surface area contributed by atoms with Gasteiger partial charge in [-0.3, -0.25) is 9.78 Å². The fourth-order valence-electron chi connectivity index (χ4n) is 1.86. The highest BCUT2D eigenvalue weighted by Gasteiger charge is 2.23. The summed E-state index contributed by atoms with van der Waals surface area (Å²) in [5.74, 6) is -1.35. The number of carboxylic acid groups (broad SMARTS) is 1. The van der Waals surface area contributed by atoms with Crippen LogP contribution in [-0.4, -0.2) is 40.6 Å². The predicted octanol–water partition coefficient (Wildman–Crippen LogP) is 0.180. The van der Waals surface area contributed by atoms with Crippen molar-refractivity contribution in [2.24, 2.45) is 0 Å². The Hall–Kier alpha value is -2.64. The molecular weight excluding hydrogens is 264 g/mol. The molecule has 1 aromatic rings. The van der Waals surface area contributed by atoms with E-state index in [-0.39, 0.29) is 17.2 Å². The van der Waals surface area contributed by atoms with Crippen LogP contribution in [0.2, 0.25) is 0 Å². The average Bonchev–Trinajstić information content (AvgIpc) is 2.41. The fourth-order valence-corrected chi connectivity index (χ4v) is 1.86. The van der Waals surface area contributed by atoms with Crippen LogP contribution in [0.5, 0.6) is 0 Å². The zero-order valence-electron chi connectivity index (χ0n) is 10.5. The van der Waals surface area contributed by atoms with E-state index in [1.807, 2.05) is 0 Å². The Kier molecular flexibility index (Phi) is 4.14. The van der Waals surface area contributed by atoms with Gasteiger partial charge in [0.2, 0.25) is 5.91 Å². The van der Waals surface area contributed by atoms with Crippen LogP contribution < -0.4 is 16.0 Å². The van der Waals surface area contributed by atoms with E-state index in [1.54, 1.807) is 0 Å². The lowest BCUT2D eigenvalue weighted by Gasteiger charge is -2.22. The van der Waals surface area contributed by atoms with Crippen molar-refractivity contribution < 1.29 is 19.5 Å². The number of hydrogen-bond donors (Lipinski definition) is 4.